The molecule has 10 heteroatoms. The lowest BCUT2D eigenvalue weighted by Gasteiger charge is -2.22. The average Bonchev–Trinajstić information content (AvgIpc) is 2.88. The number of amides is 3. The number of unbranched alkanes of at least 4 members (excludes halogenated alkanes) is 4. The number of carbonyl (C=O) groups excluding carboxylic acids is 4. The fraction of sp³-hybridized carbons (Fsp3) is 0.621. The molecule has 1 aromatic carbocycles. The van der Waals surface area contributed by atoms with Gasteiger partial charge in [-0.15, -0.1) is 0 Å². The average molecular weight is 547 g/mol. The summed E-state index contributed by atoms with van der Waals surface area (Å²) in [5, 5.41) is 20.8. The van der Waals surface area contributed by atoms with Crippen molar-refractivity contribution >= 4 is 29.5 Å². The molecule has 5 N–H and O–H groups in total. The summed E-state index contributed by atoms with van der Waals surface area (Å²) >= 11 is 0. The number of benzene rings is 1. The number of hydrogen-bond donors (Lipinski definition) is 5. The van der Waals surface area contributed by atoms with Crippen molar-refractivity contribution in [3.8, 4) is 0 Å². The highest BCUT2D eigenvalue weighted by molar-refractivity contribution is 5.91. The summed E-state index contributed by atoms with van der Waals surface area (Å²) in [5.41, 5.74) is 0.841. The predicted octanol–water partition coefficient (Wildman–Crippen LogP) is 2.50. The highest BCUT2D eigenvalue weighted by Gasteiger charge is 2.26. The second kappa shape index (κ2) is 19.7. The normalized spacial score (nSPS) is 12.4. The Kier molecular flexibility index (Phi) is 17.1. The Bertz CT molecular complexity index is 906. The molecule has 39 heavy (non-hydrogen) atoms. The SMILES string of the molecule is CC(=O)CCCCCCC(=O)NCCCCC(NC(=O)C(Cc1ccccc1)NC(=O)CNC(C)C)C(=O)O. The molecule has 0 aliphatic heterocycles. The van der Waals surface area contributed by atoms with E-state index in [4.69, 9.17) is 0 Å². The van der Waals surface area contributed by atoms with Gasteiger partial charge in [-0.25, -0.2) is 4.79 Å². The van der Waals surface area contributed by atoms with Gasteiger partial charge in [-0.1, -0.05) is 57.0 Å². The molecule has 0 aromatic heterocycles. The van der Waals surface area contributed by atoms with Crippen LogP contribution in [0.5, 0.6) is 0 Å². The van der Waals surface area contributed by atoms with Crippen molar-refractivity contribution in [3.05, 3.63) is 35.9 Å². The van der Waals surface area contributed by atoms with E-state index in [1.165, 1.54) is 0 Å². The van der Waals surface area contributed by atoms with Gasteiger partial charge in [-0.2, -0.15) is 0 Å². The Morgan fingerprint density at radius 1 is 0.795 bits per heavy atom. The van der Waals surface area contributed by atoms with Crippen LogP contribution in [-0.2, 0) is 30.4 Å². The number of aliphatic carboxylic acids is 1. The van der Waals surface area contributed by atoms with Crippen molar-refractivity contribution in [3.63, 3.8) is 0 Å². The van der Waals surface area contributed by atoms with E-state index in [0.29, 0.717) is 32.2 Å². The zero-order valence-corrected chi connectivity index (χ0v) is 23.6. The Morgan fingerprint density at radius 3 is 2.08 bits per heavy atom. The van der Waals surface area contributed by atoms with Gasteiger partial charge in [-0.3, -0.25) is 14.4 Å². The van der Waals surface area contributed by atoms with Gasteiger partial charge in [0.1, 0.15) is 17.9 Å². The van der Waals surface area contributed by atoms with Crippen molar-refractivity contribution in [2.24, 2.45) is 0 Å². The summed E-state index contributed by atoms with van der Waals surface area (Å²) in [6, 6.07) is 7.29. The van der Waals surface area contributed by atoms with Crippen LogP contribution in [0.4, 0.5) is 0 Å². The first-order valence-corrected chi connectivity index (χ1v) is 13.9. The molecule has 0 heterocycles. The molecule has 10 nitrogen and oxygen atoms in total. The summed E-state index contributed by atoms with van der Waals surface area (Å²) in [6.07, 6.45) is 5.98. The maximum absolute atomic E-state index is 13.0. The van der Waals surface area contributed by atoms with Crippen LogP contribution in [-0.4, -0.2) is 65.8 Å². The standard InChI is InChI=1S/C29H46N4O6/c1-21(2)31-20-27(36)32-25(19-23-14-8-6-9-15-23)28(37)33-24(29(38)39)16-11-12-18-30-26(35)17-10-5-4-7-13-22(3)34/h6,8-9,14-15,21,24-25,31H,4-5,7,10-13,16-20H2,1-3H3,(H,30,35)(H,32,36)(H,33,37)(H,38,39). The lowest BCUT2D eigenvalue weighted by atomic mass is 10.0. The first-order chi connectivity index (χ1) is 18.6. The third-order valence-corrected chi connectivity index (χ3v) is 6.14. The van der Waals surface area contributed by atoms with Crippen LogP contribution < -0.4 is 21.3 Å². The van der Waals surface area contributed by atoms with Gasteiger partial charge in [0.2, 0.25) is 17.7 Å². The first kappa shape index (κ1) is 33.8. The number of carboxylic acid groups (broad SMARTS) is 1. The van der Waals surface area contributed by atoms with E-state index < -0.39 is 24.0 Å². The van der Waals surface area contributed by atoms with E-state index in [2.05, 4.69) is 21.3 Å². The molecule has 1 rings (SSSR count). The summed E-state index contributed by atoms with van der Waals surface area (Å²) in [4.78, 5) is 60.1. The maximum atomic E-state index is 13.0. The molecule has 0 spiro atoms. The lowest BCUT2D eigenvalue weighted by molar-refractivity contribution is -0.142. The van der Waals surface area contributed by atoms with Gasteiger partial charge in [0, 0.05) is 31.8 Å². The van der Waals surface area contributed by atoms with Crippen molar-refractivity contribution < 1.29 is 29.1 Å². The first-order valence-electron chi connectivity index (χ1n) is 13.9. The van der Waals surface area contributed by atoms with Gasteiger partial charge in [0.05, 0.1) is 6.54 Å². The van der Waals surface area contributed by atoms with E-state index in [-0.39, 0.29) is 43.0 Å². The molecule has 1 aromatic rings. The minimum Gasteiger partial charge on any atom is -0.480 e. The molecule has 3 amide bonds. The number of hydrogen-bond acceptors (Lipinski definition) is 6. The molecule has 0 radical (unpaired) electrons. The fourth-order valence-electron chi connectivity index (χ4n) is 3.93. The van der Waals surface area contributed by atoms with Crippen LogP contribution in [0.25, 0.3) is 0 Å². The van der Waals surface area contributed by atoms with Gasteiger partial charge in [0.25, 0.3) is 0 Å². The second-order valence-electron chi connectivity index (χ2n) is 10.2. The number of ketones is 1. The van der Waals surface area contributed by atoms with Gasteiger partial charge >= 0.3 is 5.97 Å². The number of rotatable bonds is 21. The molecule has 2 atom stereocenters. The van der Waals surface area contributed by atoms with E-state index in [1.807, 2.05) is 44.2 Å². The lowest BCUT2D eigenvalue weighted by Crippen LogP contribution is -2.54. The Morgan fingerprint density at radius 2 is 1.46 bits per heavy atom. The van der Waals surface area contributed by atoms with Crippen LogP contribution in [0.1, 0.15) is 84.1 Å². The van der Waals surface area contributed by atoms with Gasteiger partial charge < -0.3 is 31.2 Å². The number of Topliss-reactive ketones (excluding diaryl/α,β-unsaturated/α-hetero) is 1. The minimum absolute atomic E-state index is 0.0453. The Hall–Kier alpha value is -3.27. The van der Waals surface area contributed by atoms with Crippen molar-refractivity contribution in [1.29, 1.82) is 0 Å². The fourth-order valence-corrected chi connectivity index (χ4v) is 3.93. The van der Waals surface area contributed by atoms with E-state index in [1.54, 1.807) is 6.92 Å². The summed E-state index contributed by atoms with van der Waals surface area (Å²) < 4.78 is 0. The number of carboxylic acids is 1. The van der Waals surface area contributed by atoms with E-state index in [9.17, 15) is 29.1 Å². The smallest absolute Gasteiger partial charge is 0.326 e. The van der Waals surface area contributed by atoms with Crippen LogP contribution in [0, 0.1) is 0 Å². The van der Waals surface area contributed by atoms with Crippen LogP contribution in [0.2, 0.25) is 0 Å². The number of carbonyl (C=O) groups is 5. The Balaban J connectivity index is 2.48. The molecule has 0 aliphatic rings. The molecule has 218 valence electrons. The molecular weight excluding hydrogens is 500 g/mol. The highest BCUT2D eigenvalue weighted by Crippen LogP contribution is 2.08. The van der Waals surface area contributed by atoms with Crippen LogP contribution in [0.15, 0.2) is 30.3 Å². The maximum Gasteiger partial charge on any atom is 0.326 e. The van der Waals surface area contributed by atoms with Crippen molar-refractivity contribution in [2.45, 2.75) is 103 Å². The second-order valence-corrected chi connectivity index (χ2v) is 10.2. The summed E-state index contributed by atoms with van der Waals surface area (Å²) in [5.74, 6) is -1.91. The topological polar surface area (TPSA) is 154 Å². The van der Waals surface area contributed by atoms with Crippen molar-refractivity contribution in [1.82, 2.24) is 21.3 Å². The zero-order chi connectivity index (χ0) is 29.0. The summed E-state index contributed by atoms with van der Waals surface area (Å²) in [7, 11) is 0. The highest BCUT2D eigenvalue weighted by atomic mass is 16.4. The third kappa shape index (κ3) is 17.0. The Labute approximate surface area is 232 Å². The van der Waals surface area contributed by atoms with E-state index >= 15 is 0 Å². The molecule has 0 aliphatic carbocycles. The molecule has 2 unspecified atom stereocenters. The monoisotopic (exact) mass is 546 g/mol. The van der Waals surface area contributed by atoms with E-state index in [0.717, 1.165) is 31.2 Å². The predicted molar refractivity (Wildman–Crippen MR) is 150 cm³/mol. The molecule has 0 saturated heterocycles. The number of nitrogens with one attached hydrogen (secondary N) is 4. The molecule has 0 bridgehead atoms. The zero-order valence-electron chi connectivity index (χ0n) is 23.6. The minimum atomic E-state index is -1.15. The van der Waals surface area contributed by atoms with Gasteiger partial charge in [-0.05, 0) is 44.6 Å². The molecule has 0 fully saturated rings. The third-order valence-electron chi connectivity index (χ3n) is 6.14. The largest absolute Gasteiger partial charge is 0.480 e. The molecule has 0 saturated carbocycles. The molecular formula is C29H46N4O6. The summed E-state index contributed by atoms with van der Waals surface area (Å²) in [6.45, 7) is 5.87. The quantitative estimate of drug-likeness (QED) is 0.148. The van der Waals surface area contributed by atoms with Crippen LogP contribution in [0.3, 0.4) is 0 Å². The van der Waals surface area contributed by atoms with Gasteiger partial charge in [0.15, 0.2) is 0 Å². The van der Waals surface area contributed by atoms with Crippen LogP contribution >= 0.6 is 0 Å². The van der Waals surface area contributed by atoms with Crippen molar-refractivity contribution in [2.75, 3.05) is 13.1 Å².